The Morgan fingerprint density at radius 3 is 2.42 bits per heavy atom. The van der Waals surface area contributed by atoms with Crippen LogP contribution in [0.15, 0.2) is 42.6 Å². The lowest BCUT2D eigenvalue weighted by Crippen LogP contribution is -2.24. The first-order valence-corrected chi connectivity index (χ1v) is 6.51. The summed E-state index contributed by atoms with van der Waals surface area (Å²) in [4.78, 5) is 31.9. The van der Waals surface area contributed by atoms with Crippen LogP contribution in [0.3, 0.4) is 0 Å². The van der Waals surface area contributed by atoms with Gasteiger partial charge in [-0.2, -0.15) is 5.10 Å². The fourth-order valence-electron chi connectivity index (χ4n) is 2.37. The minimum atomic E-state index is -1.46. The number of rotatable bonds is 4. The quantitative estimate of drug-likeness (QED) is 0.517. The number of carbonyl (C=O) groups excluding carboxylic acids is 1. The third kappa shape index (κ3) is 2.31. The Hall–Kier alpha value is -3.82. The third-order valence-electron chi connectivity index (χ3n) is 3.41. The average Bonchev–Trinajstić information content (AvgIpc) is 2.97. The van der Waals surface area contributed by atoms with Crippen molar-refractivity contribution < 1.29 is 19.7 Å². The zero-order valence-electron chi connectivity index (χ0n) is 11.8. The van der Waals surface area contributed by atoms with Crippen molar-refractivity contribution in [1.29, 1.82) is 0 Å². The standard InChI is InChI=1S/C14H8N4O6/c19-14(20)9-3-1-2-4-11(9)16-12-5-8(17(21)22)6-13(18(23)24)10(12)7-15-16/h1-7H,(H,19,20)/p-1. The SMILES string of the molecule is O=C([O-])c1ccccc1-n1ncc2c([N+](=O)[O-])cc([N+](=O)[O-])cc21. The molecule has 0 unspecified atom stereocenters. The minimum Gasteiger partial charge on any atom is -0.545 e. The lowest BCUT2D eigenvalue weighted by molar-refractivity contribution is -0.393. The number of hydrogen-bond acceptors (Lipinski definition) is 7. The molecule has 0 aliphatic carbocycles. The molecule has 0 saturated carbocycles. The molecule has 0 spiro atoms. The monoisotopic (exact) mass is 327 g/mol. The molecule has 1 heterocycles. The minimum absolute atomic E-state index is 0.0459. The van der Waals surface area contributed by atoms with Crippen molar-refractivity contribution in [3.8, 4) is 5.69 Å². The van der Waals surface area contributed by atoms with E-state index in [0.717, 1.165) is 23.0 Å². The molecule has 10 nitrogen and oxygen atoms in total. The number of carboxylic acids is 1. The maximum atomic E-state index is 11.2. The molecule has 0 aliphatic rings. The summed E-state index contributed by atoms with van der Waals surface area (Å²) in [6, 6.07) is 7.65. The third-order valence-corrected chi connectivity index (χ3v) is 3.41. The maximum absolute atomic E-state index is 11.2. The lowest BCUT2D eigenvalue weighted by atomic mass is 10.1. The van der Waals surface area contributed by atoms with Crippen LogP contribution in [-0.4, -0.2) is 25.6 Å². The molecule has 3 aromatic rings. The van der Waals surface area contributed by atoms with Gasteiger partial charge in [0.1, 0.15) is 0 Å². The highest BCUT2D eigenvalue weighted by Crippen LogP contribution is 2.32. The van der Waals surface area contributed by atoms with Crippen molar-refractivity contribution in [2.24, 2.45) is 0 Å². The highest BCUT2D eigenvalue weighted by molar-refractivity contribution is 5.94. The summed E-state index contributed by atoms with van der Waals surface area (Å²) in [5.41, 5.74) is -1.05. The number of aromatic nitrogens is 2. The predicted molar refractivity (Wildman–Crippen MR) is 78.7 cm³/mol. The van der Waals surface area contributed by atoms with E-state index in [1.54, 1.807) is 6.07 Å². The summed E-state index contributed by atoms with van der Waals surface area (Å²) in [7, 11) is 0. The van der Waals surface area contributed by atoms with Crippen LogP contribution in [0, 0.1) is 20.2 Å². The van der Waals surface area contributed by atoms with E-state index in [-0.39, 0.29) is 22.2 Å². The molecule has 0 saturated heterocycles. The van der Waals surface area contributed by atoms with Gasteiger partial charge in [-0.05, 0) is 6.07 Å². The van der Waals surface area contributed by atoms with E-state index in [1.807, 2.05) is 0 Å². The summed E-state index contributed by atoms with van der Waals surface area (Å²) in [6.45, 7) is 0. The Morgan fingerprint density at radius 1 is 1.08 bits per heavy atom. The number of fused-ring (bicyclic) bond motifs is 1. The van der Waals surface area contributed by atoms with Crippen molar-refractivity contribution in [2.75, 3.05) is 0 Å². The van der Waals surface area contributed by atoms with Gasteiger partial charge in [-0.3, -0.25) is 20.2 Å². The Bertz CT molecular complexity index is 1010. The Kier molecular flexibility index (Phi) is 3.41. The number of carbonyl (C=O) groups is 1. The van der Waals surface area contributed by atoms with Crippen LogP contribution in [0.5, 0.6) is 0 Å². The van der Waals surface area contributed by atoms with E-state index in [2.05, 4.69) is 5.10 Å². The van der Waals surface area contributed by atoms with Crippen LogP contribution in [0.25, 0.3) is 16.6 Å². The average molecular weight is 327 g/mol. The fraction of sp³-hybridized carbons (Fsp3) is 0. The zero-order valence-corrected chi connectivity index (χ0v) is 11.8. The first-order valence-electron chi connectivity index (χ1n) is 6.51. The van der Waals surface area contributed by atoms with Crippen LogP contribution >= 0.6 is 0 Å². The fourth-order valence-corrected chi connectivity index (χ4v) is 2.37. The second-order valence-corrected chi connectivity index (χ2v) is 4.77. The molecule has 24 heavy (non-hydrogen) atoms. The van der Waals surface area contributed by atoms with E-state index < -0.39 is 27.2 Å². The number of benzene rings is 2. The predicted octanol–water partition coefficient (Wildman–Crippen LogP) is 1.21. The molecule has 0 amide bonds. The maximum Gasteiger partial charge on any atom is 0.287 e. The number of nitrogens with zero attached hydrogens (tertiary/aromatic N) is 4. The Balaban J connectivity index is 2.38. The highest BCUT2D eigenvalue weighted by Gasteiger charge is 2.23. The molecular weight excluding hydrogens is 320 g/mol. The van der Waals surface area contributed by atoms with E-state index in [9.17, 15) is 30.1 Å². The van der Waals surface area contributed by atoms with Gasteiger partial charge in [0.25, 0.3) is 11.4 Å². The lowest BCUT2D eigenvalue weighted by Gasteiger charge is -2.11. The second-order valence-electron chi connectivity index (χ2n) is 4.77. The number of aromatic carboxylic acids is 1. The van der Waals surface area contributed by atoms with Crippen molar-refractivity contribution >= 4 is 28.2 Å². The van der Waals surface area contributed by atoms with Gasteiger partial charge in [-0.1, -0.05) is 18.2 Å². The topological polar surface area (TPSA) is 144 Å². The van der Waals surface area contributed by atoms with Gasteiger partial charge < -0.3 is 9.90 Å². The summed E-state index contributed by atoms with van der Waals surface area (Å²) >= 11 is 0. The highest BCUT2D eigenvalue weighted by atomic mass is 16.6. The molecule has 2 aromatic carbocycles. The largest absolute Gasteiger partial charge is 0.545 e. The van der Waals surface area contributed by atoms with Crippen molar-refractivity contribution in [3.63, 3.8) is 0 Å². The van der Waals surface area contributed by atoms with Gasteiger partial charge in [0.05, 0.1) is 44.7 Å². The van der Waals surface area contributed by atoms with E-state index in [4.69, 9.17) is 0 Å². The summed E-state index contributed by atoms with van der Waals surface area (Å²) in [5, 5.41) is 37.4. The van der Waals surface area contributed by atoms with E-state index >= 15 is 0 Å². The molecule has 120 valence electrons. The summed E-state index contributed by atoms with van der Waals surface area (Å²) in [5.74, 6) is -1.46. The Labute approximate surface area is 132 Å². The number of non-ortho nitro benzene ring substituents is 2. The van der Waals surface area contributed by atoms with Gasteiger partial charge >= 0.3 is 0 Å². The molecule has 0 aliphatic heterocycles. The van der Waals surface area contributed by atoms with Crippen molar-refractivity contribution in [1.82, 2.24) is 9.78 Å². The van der Waals surface area contributed by atoms with E-state index in [0.29, 0.717) is 0 Å². The smallest absolute Gasteiger partial charge is 0.287 e. The molecule has 0 radical (unpaired) electrons. The zero-order chi connectivity index (χ0) is 17.4. The number of nitro groups is 2. The van der Waals surface area contributed by atoms with Crippen LogP contribution in [0.1, 0.15) is 10.4 Å². The first kappa shape index (κ1) is 15.1. The van der Waals surface area contributed by atoms with Crippen molar-refractivity contribution in [3.05, 3.63) is 68.4 Å². The van der Waals surface area contributed by atoms with Crippen LogP contribution in [0.4, 0.5) is 11.4 Å². The van der Waals surface area contributed by atoms with Crippen LogP contribution < -0.4 is 5.11 Å². The first-order chi connectivity index (χ1) is 11.4. The van der Waals surface area contributed by atoms with Gasteiger partial charge in [-0.25, -0.2) is 4.68 Å². The van der Waals surface area contributed by atoms with Gasteiger partial charge in [0, 0.05) is 11.6 Å². The van der Waals surface area contributed by atoms with Crippen molar-refractivity contribution in [2.45, 2.75) is 0 Å². The summed E-state index contributed by atoms with van der Waals surface area (Å²) in [6.07, 6.45) is 1.16. The van der Waals surface area contributed by atoms with Crippen LogP contribution in [-0.2, 0) is 0 Å². The molecule has 0 N–H and O–H groups in total. The molecule has 0 fully saturated rings. The van der Waals surface area contributed by atoms with Crippen LogP contribution in [0.2, 0.25) is 0 Å². The molecule has 10 heteroatoms. The van der Waals surface area contributed by atoms with E-state index in [1.165, 1.54) is 18.2 Å². The molecular formula is C14H7N4O6-. The molecule has 1 aromatic heterocycles. The number of carboxylic acid groups (broad SMARTS) is 1. The Morgan fingerprint density at radius 2 is 1.79 bits per heavy atom. The molecule has 3 rings (SSSR count). The molecule has 0 atom stereocenters. The summed E-state index contributed by atoms with van der Waals surface area (Å²) < 4.78 is 1.10. The molecule has 0 bridgehead atoms. The number of nitro benzene ring substituents is 2. The number of hydrogen-bond donors (Lipinski definition) is 0. The van der Waals surface area contributed by atoms with Gasteiger partial charge in [0.2, 0.25) is 0 Å². The normalized spacial score (nSPS) is 10.7. The van der Waals surface area contributed by atoms with Gasteiger partial charge in [0.15, 0.2) is 0 Å². The van der Waals surface area contributed by atoms with Gasteiger partial charge in [-0.15, -0.1) is 0 Å². The second kappa shape index (κ2) is 5.43. The number of para-hydroxylation sites is 1.